The molecule has 1 amide bonds. The molecule has 0 saturated carbocycles. The number of ether oxygens (including phenoxy) is 1. The molecule has 2 heterocycles. The Hall–Kier alpha value is -3.07. The molecule has 2 aliphatic rings. The molecule has 0 radical (unpaired) electrons. The summed E-state index contributed by atoms with van der Waals surface area (Å²) in [5.74, 6) is 0.220. The molecule has 2 aliphatic heterocycles. The van der Waals surface area contributed by atoms with E-state index in [0.29, 0.717) is 37.2 Å². The van der Waals surface area contributed by atoms with Crippen molar-refractivity contribution in [3.63, 3.8) is 0 Å². The van der Waals surface area contributed by atoms with Crippen molar-refractivity contribution in [1.82, 2.24) is 4.90 Å². The van der Waals surface area contributed by atoms with E-state index in [9.17, 15) is 9.18 Å². The van der Waals surface area contributed by atoms with Gasteiger partial charge in [0.25, 0.3) is 0 Å². The van der Waals surface area contributed by atoms with E-state index in [1.165, 1.54) is 12.1 Å². The number of nitrogens with zero attached hydrogens (tertiary/aromatic N) is 2. The van der Waals surface area contributed by atoms with E-state index in [1.807, 2.05) is 32.0 Å². The molecule has 1 unspecified atom stereocenters. The third-order valence-electron chi connectivity index (χ3n) is 5.48. The van der Waals surface area contributed by atoms with Crippen LogP contribution in [0.3, 0.4) is 0 Å². The van der Waals surface area contributed by atoms with Crippen molar-refractivity contribution in [3.05, 3.63) is 47.8 Å². The van der Waals surface area contributed by atoms with Crippen LogP contribution in [0.25, 0.3) is 11.1 Å². The Bertz CT molecular complexity index is 982. The summed E-state index contributed by atoms with van der Waals surface area (Å²) in [6.07, 6.45) is 3.38. The molecule has 1 spiro atoms. The van der Waals surface area contributed by atoms with Gasteiger partial charge in [-0.15, -0.1) is 0 Å². The highest BCUT2D eigenvalue weighted by molar-refractivity contribution is 5.99. The first-order valence-corrected chi connectivity index (χ1v) is 9.46. The Morgan fingerprint density at radius 1 is 1.29 bits per heavy atom. The monoisotopic (exact) mass is 379 g/mol. The lowest BCUT2D eigenvalue weighted by molar-refractivity contribution is -0.125. The third kappa shape index (κ3) is 3.18. The first kappa shape index (κ1) is 18.3. The van der Waals surface area contributed by atoms with Crippen molar-refractivity contribution in [2.45, 2.75) is 32.8 Å². The smallest absolute Gasteiger partial charge is 0.232 e. The van der Waals surface area contributed by atoms with Crippen LogP contribution in [0.15, 0.2) is 36.4 Å². The van der Waals surface area contributed by atoms with Gasteiger partial charge in [-0.1, -0.05) is 12.1 Å². The van der Waals surface area contributed by atoms with Gasteiger partial charge in [0.05, 0.1) is 11.5 Å². The van der Waals surface area contributed by atoms with Crippen molar-refractivity contribution in [2.75, 3.05) is 18.4 Å². The van der Waals surface area contributed by atoms with Crippen molar-refractivity contribution in [3.8, 4) is 23.1 Å². The van der Waals surface area contributed by atoms with Gasteiger partial charge in [0.1, 0.15) is 11.6 Å². The van der Waals surface area contributed by atoms with Crippen LogP contribution >= 0.6 is 0 Å². The second-order valence-corrected chi connectivity index (χ2v) is 7.86. The minimum atomic E-state index is -0.547. The molecule has 28 heavy (non-hydrogen) atoms. The first-order valence-electron chi connectivity index (χ1n) is 9.46. The minimum absolute atomic E-state index is 0.0353. The van der Waals surface area contributed by atoms with Crippen LogP contribution in [-0.2, 0) is 11.2 Å². The number of carbonyl (C=O) groups is 1. The molecule has 1 fully saturated rings. The van der Waals surface area contributed by atoms with E-state index in [4.69, 9.17) is 10.00 Å². The average molecular weight is 379 g/mol. The van der Waals surface area contributed by atoms with Gasteiger partial charge in [-0.3, -0.25) is 4.79 Å². The van der Waals surface area contributed by atoms with Crippen LogP contribution in [0.4, 0.5) is 10.1 Å². The van der Waals surface area contributed by atoms with Gasteiger partial charge in [0.2, 0.25) is 5.91 Å². The number of benzene rings is 2. The molecular formula is C22H22FN3O2. The number of amides is 1. The lowest BCUT2D eigenvalue weighted by Gasteiger charge is -2.33. The Balaban J connectivity index is 1.69. The SMILES string of the molecule is CC(C)Oc1ccc(F)cc1-c1ccc2c(c1)NC(=O)C1(CCN(C#N)C1)C2. The molecule has 1 atom stereocenters. The van der Waals surface area contributed by atoms with Crippen molar-refractivity contribution < 1.29 is 13.9 Å². The van der Waals surface area contributed by atoms with E-state index < -0.39 is 5.41 Å². The molecular weight excluding hydrogens is 357 g/mol. The molecule has 1 saturated heterocycles. The fourth-order valence-electron chi connectivity index (χ4n) is 4.09. The lowest BCUT2D eigenvalue weighted by atomic mass is 9.76. The number of hydrogen-bond acceptors (Lipinski definition) is 4. The topological polar surface area (TPSA) is 65.4 Å². The van der Waals surface area contributed by atoms with Gasteiger partial charge in [-0.2, -0.15) is 5.26 Å². The standard InChI is InChI=1S/C22H22FN3O2/c1-14(2)28-20-6-5-17(23)10-18(20)15-3-4-16-11-22(7-8-26(12-22)13-24)21(27)25-19(16)9-15/h3-6,9-10,14H,7-8,11-12H2,1-2H3,(H,25,27). The van der Waals surface area contributed by atoms with Gasteiger partial charge < -0.3 is 15.0 Å². The molecule has 0 aromatic heterocycles. The fraction of sp³-hybridized carbons (Fsp3) is 0.364. The first-order chi connectivity index (χ1) is 13.4. The Morgan fingerprint density at radius 3 is 2.82 bits per heavy atom. The van der Waals surface area contributed by atoms with E-state index in [1.54, 1.807) is 11.0 Å². The van der Waals surface area contributed by atoms with Crippen molar-refractivity contribution in [1.29, 1.82) is 5.26 Å². The second kappa shape index (κ2) is 6.83. The highest BCUT2D eigenvalue weighted by Gasteiger charge is 2.47. The zero-order chi connectivity index (χ0) is 19.9. The van der Waals surface area contributed by atoms with Gasteiger partial charge in [-0.05, 0) is 62.1 Å². The van der Waals surface area contributed by atoms with Crippen molar-refractivity contribution >= 4 is 11.6 Å². The molecule has 0 aliphatic carbocycles. The number of nitrogens with one attached hydrogen (secondary N) is 1. The van der Waals surface area contributed by atoms with Crippen LogP contribution in [0.2, 0.25) is 0 Å². The zero-order valence-corrected chi connectivity index (χ0v) is 16.0. The number of likely N-dealkylation sites (tertiary alicyclic amines) is 1. The highest BCUT2D eigenvalue weighted by atomic mass is 19.1. The number of fused-ring (bicyclic) bond motifs is 1. The maximum Gasteiger partial charge on any atom is 0.232 e. The molecule has 4 rings (SSSR count). The summed E-state index contributed by atoms with van der Waals surface area (Å²) >= 11 is 0. The van der Waals surface area contributed by atoms with E-state index in [2.05, 4.69) is 11.5 Å². The van der Waals surface area contributed by atoms with Crippen molar-refractivity contribution in [2.24, 2.45) is 5.41 Å². The summed E-state index contributed by atoms with van der Waals surface area (Å²) in [5.41, 5.74) is 2.67. The normalized spacial score (nSPS) is 20.8. The number of halogens is 1. The van der Waals surface area contributed by atoms with Gasteiger partial charge >= 0.3 is 0 Å². The summed E-state index contributed by atoms with van der Waals surface area (Å²) in [6.45, 7) is 4.90. The third-order valence-corrected chi connectivity index (χ3v) is 5.48. The van der Waals surface area contributed by atoms with Crippen LogP contribution in [0.5, 0.6) is 5.75 Å². The summed E-state index contributed by atoms with van der Waals surface area (Å²) in [6, 6.07) is 10.2. The van der Waals surface area contributed by atoms with E-state index in [0.717, 1.165) is 16.8 Å². The predicted octanol–water partition coefficient (Wildman–Crippen LogP) is 3.95. The average Bonchev–Trinajstić information content (AvgIpc) is 3.08. The Morgan fingerprint density at radius 2 is 2.11 bits per heavy atom. The molecule has 2 aromatic rings. The maximum atomic E-state index is 13.9. The summed E-state index contributed by atoms with van der Waals surface area (Å²) in [4.78, 5) is 14.5. The number of anilines is 1. The van der Waals surface area contributed by atoms with Gasteiger partial charge in [0, 0.05) is 24.3 Å². The zero-order valence-electron chi connectivity index (χ0n) is 16.0. The summed E-state index contributed by atoms with van der Waals surface area (Å²) in [7, 11) is 0. The molecule has 0 bridgehead atoms. The number of carbonyl (C=O) groups excluding carboxylic acids is 1. The molecule has 6 heteroatoms. The van der Waals surface area contributed by atoms with Crippen LogP contribution < -0.4 is 10.1 Å². The van der Waals surface area contributed by atoms with Crippen LogP contribution in [0.1, 0.15) is 25.8 Å². The van der Waals surface area contributed by atoms with Crippen LogP contribution in [-0.4, -0.2) is 30.0 Å². The summed E-state index contributed by atoms with van der Waals surface area (Å²) < 4.78 is 19.7. The molecule has 2 aromatic carbocycles. The Kier molecular flexibility index (Phi) is 4.46. The molecule has 5 nitrogen and oxygen atoms in total. The van der Waals surface area contributed by atoms with E-state index >= 15 is 0 Å². The number of nitriles is 1. The quantitative estimate of drug-likeness (QED) is 0.820. The second-order valence-electron chi connectivity index (χ2n) is 7.86. The minimum Gasteiger partial charge on any atom is -0.490 e. The highest BCUT2D eigenvalue weighted by Crippen LogP contribution is 2.42. The van der Waals surface area contributed by atoms with Gasteiger partial charge in [-0.25, -0.2) is 4.39 Å². The maximum absolute atomic E-state index is 13.9. The van der Waals surface area contributed by atoms with Gasteiger partial charge in [0.15, 0.2) is 6.19 Å². The van der Waals surface area contributed by atoms with E-state index in [-0.39, 0.29) is 17.8 Å². The fourth-order valence-corrected chi connectivity index (χ4v) is 4.09. The molecule has 144 valence electrons. The largest absolute Gasteiger partial charge is 0.490 e. The predicted molar refractivity (Wildman–Crippen MR) is 104 cm³/mol. The Labute approximate surface area is 163 Å². The summed E-state index contributed by atoms with van der Waals surface area (Å²) in [5, 5.41) is 12.1. The lowest BCUT2D eigenvalue weighted by Crippen LogP contribution is -2.43. The van der Waals surface area contributed by atoms with Crippen LogP contribution in [0, 0.1) is 22.7 Å². The molecule has 1 N–H and O–H groups in total. The number of rotatable bonds is 3. The number of hydrogen-bond donors (Lipinski definition) is 1.